The Kier molecular flexibility index (Phi) is 33.7. The summed E-state index contributed by atoms with van der Waals surface area (Å²) in [6, 6.07) is 67.6. The van der Waals surface area contributed by atoms with Crippen LogP contribution in [0.1, 0.15) is 87.4 Å². The molecule has 0 saturated heterocycles. The van der Waals surface area contributed by atoms with Gasteiger partial charge in [-0.15, -0.1) is 17.8 Å². The molecule has 7 aromatic carbocycles. The third-order valence-electron chi connectivity index (χ3n) is 7.76. The summed E-state index contributed by atoms with van der Waals surface area (Å²) in [5, 5.41) is 0. The number of ketones is 4. The summed E-state index contributed by atoms with van der Waals surface area (Å²) in [5.41, 5.74) is 6.76. The number of hydrogen-bond donors (Lipinski definition) is 0. The summed E-state index contributed by atoms with van der Waals surface area (Å²) < 4.78 is 0. The lowest BCUT2D eigenvalue weighted by molar-refractivity contribution is -0.112. The first kappa shape index (κ1) is 59.2. The van der Waals surface area contributed by atoms with Gasteiger partial charge in [0.05, 0.1) is 0 Å². The van der Waals surface area contributed by atoms with Crippen molar-refractivity contribution < 1.29 is 19.2 Å². The number of hydrogen-bond acceptors (Lipinski definition) is 4. The van der Waals surface area contributed by atoms with Crippen LogP contribution in [0, 0.1) is 82.9 Å². The smallest absolute Gasteiger partial charge is 0.202 e. The highest BCUT2D eigenvalue weighted by molar-refractivity contribution is 5.95. The van der Waals surface area contributed by atoms with Crippen LogP contribution in [0.15, 0.2) is 212 Å². The van der Waals surface area contributed by atoms with Gasteiger partial charge in [0.25, 0.3) is 0 Å². The summed E-state index contributed by atoms with van der Waals surface area (Å²) in [5.74, 6) is 37.8. The van der Waals surface area contributed by atoms with E-state index in [2.05, 4.69) is 82.9 Å². The largest absolute Gasteiger partial charge is 0.285 e. The number of carbonyl (C=O) groups excluding carboxylic acids is 4. The molecule has 0 aliphatic rings. The topological polar surface area (TPSA) is 68.3 Å². The highest BCUT2D eigenvalue weighted by atomic mass is 16.1. The first-order valence-electron chi connectivity index (χ1n) is 22.2. The molecular weight excluding hydrogens is 869 g/mol. The second-order valence-corrected chi connectivity index (χ2v) is 13.9. The maximum atomic E-state index is 10.4. The molecule has 0 atom stereocenters. The number of rotatable bonds is 0. The Labute approximate surface area is 423 Å². The lowest BCUT2D eigenvalue weighted by atomic mass is 10.2. The SMILES string of the molecule is CC#Cc1ccccc1.CC#Cc1ccccc1.CC#Cc1ccccc1.CC(=O)C#Cc1ccccc1.CC(=O)C#Cc1ccccc1.CC(=O)C#Cc1ccccc1.CC(=O)C#Cc1ccccc1. The fraction of sp³-hybridized carbons (Fsp3) is 0.104. The molecular formula is C67H56O4. The molecule has 0 bridgehead atoms. The van der Waals surface area contributed by atoms with Gasteiger partial charge in [0, 0.05) is 66.6 Å². The Bertz CT molecular complexity index is 2700. The molecule has 4 nitrogen and oxygen atoms in total. The molecule has 4 heteroatoms. The minimum absolute atomic E-state index is 0.103. The van der Waals surface area contributed by atoms with Crippen molar-refractivity contribution in [2.24, 2.45) is 0 Å². The van der Waals surface area contributed by atoms with Gasteiger partial charge in [0.15, 0.2) is 0 Å². The highest BCUT2D eigenvalue weighted by Crippen LogP contribution is 1.98. The number of carbonyl (C=O) groups is 4. The predicted octanol–water partition coefficient (Wildman–Crippen LogP) is 12.7. The molecule has 0 saturated carbocycles. The van der Waals surface area contributed by atoms with Crippen LogP contribution in [0.5, 0.6) is 0 Å². The van der Waals surface area contributed by atoms with E-state index in [-0.39, 0.29) is 23.1 Å². The molecule has 0 spiro atoms. The minimum atomic E-state index is -0.103. The number of Topliss-reactive ketones (excluding diaryl/α,β-unsaturated/α-hetero) is 4. The fourth-order valence-electron chi connectivity index (χ4n) is 4.72. The minimum Gasteiger partial charge on any atom is -0.285 e. The molecule has 7 aromatic rings. The van der Waals surface area contributed by atoms with Crippen LogP contribution < -0.4 is 0 Å². The Balaban J connectivity index is 0.000000415. The lowest BCUT2D eigenvalue weighted by Gasteiger charge is -1.84. The van der Waals surface area contributed by atoms with Crippen molar-refractivity contribution in [3.8, 4) is 82.9 Å². The zero-order valence-corrected chi connectivity index (χ0v) is 41.3. The molecule has 0 aromatic heterocycles. The molecule has 348 valence electrons. The average molecular weight is 925 g/mol. The standard InChI is InChI=1S/4C10H8O.3C9H8/c4*1-9(11)7-8-10-5-3-2-4-6-10;3*1-2-6-9-7-4-3-5-8-9/h4*2-6H,1H3;3*3-5,7-8H,1H3. The van der Waals surface area contributed by atoms with E-state index in [1.54, 1.807) is 0 Å². The lowest BCUT2D eigenvalue weighted by Crippen LogP contribution is -1.80. The maximum absolute atomic E-state index is 10.4. The first-order valence-corrected chi connectivity index (χ1v) is 22.2. The second-order valence-electron chi connectivity index (χ2n) is 13.9. The summed E-state index contributed by atoms with van der Waals surface area (Å²) in [6.45, 7) is 11.3. The highest BCUT2D eigenvalue weighted by Gasteiger charge is 1.86. The van der Waals surface area contributed by atoms with Gasteiger partial charge in [0.1, 0.15) is 0 Å². The Morgan fingerprint density at radius 2 is 0.352 bits per heavy atom. The van der Waals surface area contributed by atoms with Gasteiger partial charge in [-0.1, -0.05) is 169 Å². The van der Waals surface area contributed by atoms with Crippen molar-refractivity contribution in [3.05, 3.63) is 251 Å². The summed E-state index contributed by atoms with van der Waals surface area (Å²) in [4.78, 5) is 41.8. The van der Waals surface area contributed by atoms with Crippen molar-refractivity contribution in [2.75, 3.05) is 0 Å². The normalized spacial score (nSPS) is 7.93. The van der Waals surface area contributed by atoms with Gasteiger partial charge in [-0.3, -0.25) is 19.2 Å². The molecule has 0 aliphatic heterocycles. The van der Waals surface area contributed by atoms with E-state index < -0.39 is 0 Å². The first-order chi connectivity index (χ1) is 34.4. The third-order valence-corrected chi connectivity index (χ3v) is 7.76. The molecule has 0 radical (unpaired) electrons. The molecule has 0 unspecified atom stereocenters. The number of benzene rings is 7. The van der Waals surface area contributed by atoms with E-state index >= 15 is 0 Å². The van der Waals surface area contributed by atoms with Crippen LogP contribution in [0.2, 0.25) is 0 Å². The molecule has 0 aliphatic carbocycles. The summed E-state index contributed by atoms with van der Waals surface area (Å²) in [6.07, 6.45) is 0. The van der Waals surface area contributed by atoms with E-state index in [0.29, 0.717) is 0 Å². The molecule has 7 rings (SSSR count). The zero-order chi connectivity index (χ0) is 52.0. The predicted molar refractivity (Wildman–Crippen MR) is 293 cm³/mol. The molecule has 0 fully saturated rings. The van der Waals surface area contributed by atoms with Crippen LogP contribution in [0.25, 0.3) is 0 Å². The van der Waals surface area contributed by atoms with Crippen molar-refractivity contribution in [3.63, 3.8) is 0 Å². The molecule has 0 N–H and O–H groups in total. The van der Waals surface area contributed by atoms with E-state index in [4.69, 9.17) is 0 Å². The van der Waals surface area contributed by atoms with Crippen molar-refractivity contribution in [1.29, 1.82) is 0 Å². The Hall–Kier alpha value is -9.86. The Morgan fingerprint density at radius 3 is 0.465 bits per heavy atom. The van der Waals surface area contributed by atoms with E-state index in [1.807, 2.05) is 233 Å². The van der Waals surface area contributed by atoms with E-state index in [9.17, 15) is 19.2 Å². The molecule has 71 heavy (non-hydrogen) atoms. The fourth-order valence-corrected chi connectivity index (χ4v) is 4.72. The van der Waals surface area contributed by atoms with Gasteiger partial charge in [-0.25, -0.2) is 0 Å². The van der Waals surface area contributed by atoms with Crippen molar-refractivity contribution in [2.45, 2.75) is 48.5 Å². The van der Waals surface area contributed by atoms with Crippen LogP contribution in [0.3, 0.4) is 0 Å². The van der Waals surface area contributed by atoms with Crippen molar-refractivity contribution in [1.82, 2.24) is 0 Å². The van der Waals surface area contributed by atoms with Gasteiger partial charge in [-0.05, 0) is 129 Å². The zero-order valence-electron chi connectivity index (χ0n) is 41.3. The van der Waals surface area contributed by atoms with Gasteiger partial charge in [-0.2, -0.15) is 0 Å². The second kappa shape index (κ2) is 40.4. The van der Waals surface area contributed by atoms with Crippen molar-refractivity contribution >= 4 is 23.1 Å². The van der Waals surface area contributed by atoms with E-state index in [1.165, 1.54) is 27.7 Å². The van der Waals surface area contributed by atoms with Gasteiger partial charge < -0.3 is 0 Å². The summed E-state index contributed by atoms with van der Waals surface area (Å²) >= 11 is 0. The Morgan fingerprint density at radius 1 is 0.225 bits per heavy atom. The average Bonchev–Trinajstić information content (AvgIpc) is 3.40. The van der Waals surface area contributed by atoms with Gasteiger partial charge in [0.2, 0.25) is 23.1 Å². The third kappa shape index (κ3) is 36.0. The van der Waals surface area contributed by atoms with Crippen LogP contribution in [-0.4, -0.2) is 23.1 Å². The maximum Gasteiger partial charge on any atom is 0.202 e. The molecule has 0 heterocycles. The monoisotopic (exact) mass is 924 g/mol. The van der Waals surface area contributed by atoms with Gasteiger partial charge >= 0.3 is 0 Å². The summed E-state index contributed by atoms with van der Waals surface area (Å²) in [7, 11) is 0. The van der Waals surface area contributed by atoms with Crippen LogP contribution in [-0.2, 0) is 19.2 Å². The van der Waals surface area contributed by atoms with Crippen LogP contribution >= 0.6 is 0 Å². The molecule has 0 amide bonds. The van der Waals surface area contributed by atoms with Crippen LogP contribution in [0.4, 0.5) is 0 Å². The van der Waals surface area contributed by atoms with E-state index in [0.717, 1.165) is 38.9 Å². The quantitative estimate of drug-likeness (QED) is 0.142.